The van der Waals surface area contributed by atoms with Crippen LogP contribution in [-0.2, 0) is 16.4 Å². The van der Waals surface area contributed by atoms with Gasteiger partial charge in [0.1, 0.15) is 0 Å². The van der Waals surface area contributed by atoms with E-state index in [2.05, 4.69) is 15.9 Å². The van der Waals surface area contributed by atoms with Gasteiger partial charge in [0.05, 0.1) is 0 Å². The molecule has 1 atom stereocenters. The van der Waals surface area contributed by atoms with Crippen molar-refractivity contribution >= 4 is 23.5 Å². The number of rotatable bonds is 4. The van der Waals surface area contributed by atoms with Gasteiger partial charge in [-0.15, -0.1) is 0 Å². The molecule has 0 fully saturated rings. The van der Waals surface area contributed by atoms with Crippen LogP contribution in [-0.4, -0.2) is 9.79 Å². The van der Waals surface area contributed by atoms with Gasteiger partial charge < -0.3 is 9.79 Å². The highest BCUT2D eigenvalue weighted by molar-refractivity contribution is 9.10. The van der Waals surface area contributed by atoms with E-state index in [1.165, 1.54) is 13.0 Å². The number of benzene rings is 1. The quantitative estimate of drug-likeness (QED) is 0.830. The summed E-state index contributed by atoms with van der Waals surface area (Å²) in [6.07, 6.45) is 0.239. The highest BCUT2D eigenvalue weighted by Crippen LogP contribution is 2.61. The van der Waals surface area contributed by atoms with E-state index >= 15 is 0 Å². The molecule has 1 rings (SSSR count). The Balaban J connectivity index is 3.51. The van der Waals surface area contributed by atoms with Crippen molar-refractivity contribution in [3.8, 4) is 0 Å². The van der Waals surface area contributed by atoms with Gasteiger partial charge in [-0.05, 0) is 24.5 Å². The first-order valence-electron chi connectivity index (χ1n) is 5.30. The van der Waals surface area contributed by atoms with Crippen molar-refractivity contribution in [3.63, 3.8) is 0 Å². The summed E-state index contributed by atoms with van der Waals surface area (Å²) < 4.78 is 26.6. The van der Waals surface area contributed by atoms with Crippen LogP contribution in [0.15, 0.2) is 22.7 Å². The van der Waals surface area contributed by atoms with E-state index in [-0.39, 0.29) is 12.0 Å². The molecule has 0 saturated heterocycles. The monoisotopic (exact) mass is 324 g/mol. The molecule has 1 aromatic rings. The summed E-state index contributed by atoms with van der Waals surface area (Å²) in [5.74, 6) is 0. The predicted molar refractivity (Wildman–Crippen MR) is 68.6 cm³/mol. The lowest BCUT2D eigenvalue weighted by Gasteiger charge is -2.27. The standard InChI is InChI=1S/C11H15BrFO3P/c1-3-8-9(6-5-7-10(8)12)11(13,4-2)17(14,15)16/h5-7H,3-4H2,1-2H3,(H2,14,15,16). The van der Waals surface area contributed by atoms with Crippen molar-refractivity contribution < 1.29 is 18.7 Å². The first-order chi connectivity index (χ1) is 7.78. The maximum atomic E-state index is 14.6. The van der Waals surface area contributed by atoms with Gasteiger partial charge in [0, 0.05) is 10.0 Å². The molecule has 0 bridgehead atoms. The van der Waals surface area contributed by atoms with Gasteiger partial charge in [0.2, 0.25) is 5.41 Å². The Bertz CT molecular complexity index is 460. The average molecular weight is 325 g/mol. The van der Waals surface area contributed by atoms with E-state index in [9.17, 15) is 18.7 Å². The molecule has 0 aromatic heterocycles. The molecule has 0 heterocycles. The van der Waals surface area contributed by atoms with Crippen LogP contribution >= 0.6 is 23.5 Å². The summed E-state index contributed by atoms with van der Waals surface area (Å²) in [7, 11) is -4.86. The molecule has 3 nitrogen and oxygen atoms in total. The van der Waals surface area contributed by atoms with Crippen LogP contribution in [0.4, 0.5) is 4.39 Å². The Labute approximate surface area is 108 Å². The Kier molecular flexibility index (Phi) is 4.53. The summed E-state index contributed by atoms with van der Waals surface area (Å²) >= 11 is 3.28. The van der Waals surface area contributed by atoms with Gasteiger partial charge in [-0.2, -0.15) is 0 Å². The van der Waals surface area contributed by atoms with Gasteiger partial charge in [0.25, 0.3) is 0 Å². The van der Waals surface area contributed by atoms with Gasteiger partial charge in [-0.3, -0.25) is 4.57 Å². The Morgan fingerprint density at radius 2 is 2.00 bits per heavy atom. The summed E-state index contributed by atoms with van der Waals surface area (Å²) in [6.45, 7) is 3.25. The SMILES string of the molecule is CCc1c(Br)cccc1C(F)(CC)P(=O)(O)O. The predicted octanol–water partition coefficient (Wildman–Crippen LogP) is 3.72. The maximum Gasteiger partial charge on any atom is 0.367 e. The molecule has 2 N–H and O–H groups in total. The molecular weight excluding hydrogens is 310 g/mol. The van der Waals surface area contributed by atoms with E-state index in [1.807, 2.05) is 6.92 Å². The molecule has 0 spiro atoms. The molecule has 0 aliphatic carbocycles. The highest BCUT2D eigenvalue weighted by atomic mass is 79.9. The first-order valence-corrected chi connectivity index (χ1v) is 7.70. The Hall–Kier alpha value is -0.220. The van der Waals surface area contributed by atoms with Crippen LogP contribution in [0.25, 0.3) is 0 Å². The van der Waals surface area contributed by atoms with E-state index in [0.29, 0.717) is 16.5 Å². The fourth-order valence-electron chi connectivity index (χ4n) is 1.83. The minimum atomic E-state index is -4.86. The second kappa shape index (κ2) is 5.19. The minimum Gasteiger partial charge on any atom is -0.322 e. The van der Waals surface area contributed by atoms with E-state index in [1.54, 1.807) is 12.1 Å². The normalized spacial score (nSPS) is 15.6. The summed E-state index contributed by atoms with van der Waals surface area (Å²) in [6, 6.07) is 4.75. The molecule has 1 unspecified atom stereocenters. The lowest BCUT2D eigenvalue weighted by Crippen LogP contribution is -2.21. The van der Waals surface area contributed by atoms with E-state index < -0.39 is 13.0 Å². The molecule has 0 amide bonds. The lowest BCUT2D eigenvalue weighted by molar-refractivity contribution is 0.196. The third kappa shape index (κ3) is 2.63. The molecule has 17 heavy (non-hydrogen) atoms. The lowest BCUT2D eigenvalue weighted by atomic mass is 9.99. The second-order valence-corrected chi connectivity index (χ2v) is 6.43. The minimum absolute atomic E-state index is 0.0743. The molecule has 0 aliphatic heterocycles. The van der Waals surface area contributed by atoms with E-state index in [4.69, 9.17) is 0 Å². The van der Waals surface area contributed by atoms with Crippen molar-refractivity contribution in [1.29, 1.82) is 0 Å². The highest BCUT2D eigenvalue weighted by Gasteiger charge is 2.48. The Morgan fingerprint density at radius 1 is 1.41 bits per heavy atom. The van der Waals surface area contributed by atoms with E-state index in [0.717, 1.165) is 0 Å². The maximum absolute atomic E-state index is 14.6. The first kappa shape index (κ1) is 14.8. The fraction of sp³-hybridized carbons (Fsp3) is 0.455. The van der Waals surface area contributed by atoms with Gasteiger partial charge >= 0.3 is 7.60 Å². The van der Waals surface area contributed by atoms with Crippen LogP contribution < -0.4 is 0 Å². The fourth-order valence-corrected chi connectivity index (χ4v) is 3.41. The van der Waals surface area contributed by atoms with Crippen molar-refractivity contribution in [2.45, 2.75) is 32.1 Å². The number of hydrogen-bond acceptors (Lipinski definition) is 1. The summed E-state index contributed by atoms with van der Waals surface area (Å²) in [5.41, 5.74) is 0.672. The summed E-state index contributed by atoms with van der Waals surface area (Å²) in [5, 5.41) is -2.61. The Morgan fingerprint density at radius 3 is 2.41 bits per heavy atom. The molecular formula is C11H15BrFO3P. The van der Waals surface area contributed by atoms with Gasteiger partial charge in [0.15, 0.2) is 0 Å². The molecule has 96 valence electrons. The van der Waals surface area contributed by atoms with Crippen molar-refractivity contribution in [1.82, 2.24) is 0 Å². The molecule has 0 aliphatic rings. The van der Waals surface area contributed by atoms with Gasteiger partial charge in [-0.1, -0.05) is 41.9 Å². The smallest absolute Gasteiger partial charge is 0.322 e. The zero-order valence-electron chi connectivity index (χ0n) is 9.65. The molecule has 1 aromatic carbocycles. The van der Waals surface area contributed by atoms with Crippen molar-refractivity contribution in [2.75, 3.05) is 0 Å². The third-order valence-corrected chi connectivity index (χ3v) is 5.04. The van der Waals surface area contributed by atoms with Crippen LogP contribution in [0.3, 0.4) is 0 Å². The zero-order valence-corrected chi connectivity index (χ0v) is 12.1. The molecule has 0 radical (unpaired) electrons. The van der Waals surface area contributed by atoms with Crippen LogP contribution in [0, 0.1) is 0 Å². The molecule has 0 saturated carbocycles. The number of hydrogen-bond donors (Lipinski definition) is 2. The second-order valence-electron chi connectivity index (χ2n) is 3.78. The number of alkyl halides is 1. The summed E-state index contributed by atoms with van der Waals surface area (Å²) in [4.78, 5) is 18.4. The van der Waals surface area contributed by atoms with Crippen molar-refractivity contribution in [2.24, 2.45) is 0 Å². The van der Waals surface area contributed by atoms with Crippen LogP contribution in [0.2, 0.25) is 0 Å². The van der Waals surface area contributed by atoms with Crippen LogP contribution in [0.1, 0.15) is 31.4 Å². The zero-order chi connectivity index (χ0) is 13.3. The average Bonchev–Trinajstić information content (AvgIpc) is 2.26. The topological polar surface area (TPSA) is 57.5 Å². The molecule has 6 heteroatoms. The largest absolute Gasteiger partial charge is 0.367 e. The van der Waals surface area contributed by atoms with Crippen molar-refractivity contribution in [3.05, 3.63) is 33.8 Å². The third-order valence-electron chi connectivity index (χ3n) is 2.82. The number of halogens is 2. The van der Waals surface area contributed by atoms with Crippen LogP contribution in [0.5, 0.6) is 0 Å². The van der Waals surface area contributed by atoms with Gasteiger partial charge in [-0.25, -0.2) is 4.39 Å².